The molecule has 0 aliphatic carbocycles. The van der Waals surface area contributed by atoms with Crippen molar-refractivity contribution >= 4 is 56.8 Å². The molecule has 0 radical (unpaired) electrons. The molecule has 0 bridgehead atoms. The van der Waals surface area contributed by atoms with E-state index in [1.165, 1.54) is 36.9 Å². The van der Waals surface area contributed by atoms with Crippen molar-refractivity contribution in [1.82, 2.24) is 74.6 Å². The van der Waals surface area contributed by atoms with Crippen molar-refractivity contribution in [3.63, 3.8) is 0 Å². The van der Waals surface area contributed by atoms with Crippen LogP contribution in [0.3, 0.4) is 0 Å². The predicted molar refractivity (Wildman–Crippen MR) is 256 cm³/mol. The van der Waals surface area contributed by atoms with Gasteiger partial charge in [0.25, 0.3) is 11.0 Å². The van der Waals surface area contributed by atoms with E-state index in [0.29, 0.717) is 40.4 Å². The third kappa shape index (κ3) is 11.3. The third-order valence-corrected chi connectivity index (χ3v) is 10.7. The van der Waals surface area contributed by atoms with Crippen molar-refractivity contribution in [2.45, 2.75) is 25.9 Å². The van der Waals surface area contributed by atoms with Crippen molar-refractivity contribution in [1.29, 1.82) is 0 Å². The largest absolute Gasteiger partial charge is 0.870 e. The number of pyridine rings is 2. The molecule has 0 fully saturated rings. The van der Waals surface area contributed by atoms with E-state index >= 15 is 0 Å². The molecule has 0 spiro atoms. The fraction of sp³-hybridized carbons (Fsp3) is 0.0909. The number of halogens is 3. The van der Waals surface area contributed by atoms with Gasteiger partial charge >= 0.3 is 0 Å². The molecule has 0 saturated heterocycles. The summed E-state index contributed by atoms with van der Waals surface area (Å²) in [4.78, 5) is 67.5. The minimum absolute atomic E-state index is 0. The molecule has 0 amide bonds. The van der Waals surface area contributed by atoms with E-state index in [-0.39, 0.29) is 51.2 Å². The Bertz CT molecular complexity index is 3680. The Morgan fingerprint density at radius 3 is 1.71 bits per heavy atom. The summed E-state index contributed by atoms with van der Waals surface area (Å²) < 4.78 is 31.3. The second-order valence-electron chi connectivity index (χ2n) is 15.0. The molecule has 2 atom stereocenters. The van der Waals surface area contributed by atoms with E-state index in [4.69, 9.17) is 17.3 Å². The summed E-state index contributed by atoms with van der Waals surface area (Å²) in [5, 5.41) is 22.3. The number of hydrogen-bond donors (Lipinski definition) is 5. The number of rotatable bonds is 11. The number of anilines is 3. The monoisotopic (exact) mass is 1010 g/mol. The number of fused-ring (bicyclic) bond motifs is 3. The number of nitrogens with one attached hydrogen (secondary N) is 4. The second-order valence-corrected chi connectivity index (χ2v) is 15.4. The molecular weight excluding hydrogens is 974 g/mol. The lowest BCUT2D eigenvalue weighted by Crippen LogP contribution is -2.21. The van der Waals surface area contributed by atoms with Gasteiger partial charge in [-0.25, -0.2) is 43.2 Å². The van der Waals surface area contributed by atoms with E-state index in [0.717, 1.165) is 39.4 Å². The first-order valence-corrected chi connectivity index (χ1v) is 21.3. The molecule has 0 aliphatic heterocycles. The molecule has 0 unspecified atom stereocenters. The van der Waals surface area contributed by atoms with Crippen LogP contribution in [-0.2, 0) is 0 Å². The minimum Gasteiger partial charge on any atom is -0.870 e. The lowest BCUT2D eigenvalue weighted by Gasteiger charge is -2.15. The normalized spacial score (nSPS) is 11.5. The Hall–Kier alpha value is -9.93. The molecule has 0 aromatic carbocycles. The Morgan fingerprint density at radius 1 is 0.630 bits per heavy atom. The quantitative estimate of drug-likeness (QED) is 0.0525. The van der Waals surface area contributed by atoms with Gasteiger partial charge in [-0.2, -0.15) is 15.3 Å². The average molecular weight is 1010 g/mol. The molecule has 29 heteroatoms. The molecule has 11 heterocycles. The van der Waals surface area contributed by atoms with Crippen LogP contribution in [0.4, 0.5) is 37.5 Å². The Balaban J connectivity index is 0.000000161. The number of nitrogens with zero attached hydrogens (tertiary/aromatic N) is 17. The maximum absolute atomic E-state index is 13.1. The van der Waals surface area contributed by atoms with Gasteiger partial charge in [-0.15, -0.1) is 9.81 Å². The zero-order valence-corrected chi connectivity index (χ0v) is 38.6. The number of nitrogen functional groups attached to an aromatic ring is 1. The highest BCUT2D eigenvalue weighted by atomic mass is 35.5. The van der Waals surface area contributed by atoms with Crippen LogP contribution in [0.5, 0.6) is 0 Å². The first-order valence-electron chi connectivity index (χ1n) is 21.0. The Labute approximate surface area is 413 Å². The van der Waals surface area contributed by atoms with Crippen LogP contribution in [0.15, 0.2) is 140 Å². The van der Waals surface area contributed by atoms with Crippen molar-refractivity contribution in [2.75, 3.05) is 16.4 Å². The van der Waals surface area contributed by atoms with Gasteiger partial charge in [0.1, 0.15) is 35.2 Å². The highest BCUT2D eigenvalue weighted by Crippen LogP contribution is 2.30. The highest BCUT2D eigenvalue weighted by Gasteiger charge is 2.21. The number of nitrogens with two attached hydrogens (primary N) is 1. The minimum atomic E-state index is -0.420. The highest BCUT2D eigenvalue weighted by molar-refractivity contribution is 6.31. The molecule has 11 aromatic heterocycles. The summed E-state index contributed by atoms with van der Waals surface area (Å²) in [6.45, 7) is 3.71. The summed E-state index contributed by atoms with van der Waals surface area (Å²) in [6.07, 6.45) is 26.9. The van der Waals surface area contributed by atoms with Crippen LogP contribution in [0.2, 0.25) is 5.15 Å². The van der Waals surface area contributed by atoms with Crippen LogP contribution >= 0.6 is 11.6 Å². The number of H-pyrrole nitrogens is 2. The summed E-state index contributed by atoms with van der Waals surface area (Å²) >= 11 is 5.82. The fourth-order valence-corrected chi connectivity index (χ4v) is 7.00. The number of nitroso groups, excluding NO2 is 2. The molecule has 11 aromatic rings. The van der Waals surface area contributed by atoms with Crippen molar-refractivity contribution < 1.29 is 28.8 Å². The van der Waals surface area contributed by atoms with Gasteiger partial charge in [-0.1, -0.05) is 20.6 Å². The van der Waals surface area contributed by atoms with Gasteiger partial charge in [0.05, 0.1) is 108 Å². The fourth-order valence-electron chi connectivity index (χ4n) is 6.83. The second kappa shape index (κ2) is 22.7. The first-order chi connectivity index (χ1) is 34.6. The average Bonchev–Trinajstić information content (AvgIpc) is 4.16. The van der Waals surface area contributed by atoms with Crippen LogP contribution in [0.25, 0.3) is 50.7 Å². The Kier molecular flexibility index (Phi) is 15.8. The van der Waals surface area contributed by atoms with Crippen molar-refractivity contribution in [3.05, 3.63) is 168 Å². The van der Waals surface area contributed by atoms with Gasteiger partial charge in [0.15, 0.2) is 45.6 Å². The molecule has 368 valence electrons. The van der Waals surface area contributed by atoms with E-state index < -0.39 is 5.82 Å². The van der Waals surface area contributed by atoms with Crippen LogP contribution in [0.1, 0.15) is 37.3 Å². The summed E-state index contributed by atoms with van der Waals surface area (Å²) in [5.41, 5.74) is 12.3. The number of aromatic nitrogens is 17. The third-order valence-electron chi connectivity index (χ3n) is 10.4. The molecular formula is C44H37ClF2N22O4. The first kappa shape index (κ1) is 50.9. The van der Waals surface area contributed by atoms with Crippen molar-refractivity contribution in [3.8, 4) is 34.2 Å². The molecule has 8 N–H and O–H groups in total. The molecule has 11 rings (SSSR count). The maximum Gasteiger partial charge on any atom is 0.266 e. The van der Waals surface area contributed by atoms with Crippen LogP contribution < -0.4 is 25.4 Å². The number of aromatic amines is 2. The van der Waals surface area contributed by atoms with E-state index in [2.05, 4.69) is 91.1 Å². The zero-order chi connectivity index (χ0) is 49.4. The molecule has 0 saturated carbocycles. The van der Waals surface area contributed by atoms with E-state index in [9.17, 15) is 18.6 Å². The van der Waals surface area contributed by atoms with Gasteiger partial charge in [0.2, 0.25) is 12.4 Å². The van der Waals surface area contributed by atoms with Gasteiger partial charge < -0.3 is 27.3 Å². The lowest BCUT2D eigenvalue weighted by molar-refractivity contribution is -0.577. The standard InChI is InChI=1S/C17H13FN8O.C17H15FN8.C10H5ClN6O.2H2O/c1-10(13-3-2-11(18)6-20-13)23-17-14(25-27)8-21-16(24-17)12-7-22-26-5-4-19-9-15(12)26;1-10(14-3-2-11(18)6-21-14)24-17-13(19)8-22-16(25-17)12-7-23-26-5-4-20-9-15(12)26;11-9-7(16-18)4-13-10(15-9)6-3-14-17-2-1-12-5-8(6)17;;/h2-10H,1H3,(H,21,23,24,27);2-10H,19H2,1H3,(H,22,24,25);1-5H;2*1H2/t2*10-;;;/m11.../s1. The van der Waals surface area contributed by atoms with E-state index in [1.54, 1.807) is 100 Å². The zero-order valence-electron chi connectivity index (χ0n) is 37.8. The van der Waals surface area contributed by atoms with Gasteiger partial charge in [0, 0.05) is 12.4 Å². The van der Waals surface area contributed by atoms with Gasteiger partial charge in [-0.3, -0.25) is 24.9 Å². The summed E-state index contributed by atoms with van der Waals surface area (Å²) in [7, 11) is 0. The van der Waals surface area contributed by atoms with Gasteiger partial charge in [-0.05, 0) is 48.5 Å². The molecule has 73 heavy (non-hydrogen) atoms. The van der Waals surface area contributed by atoms with E-state index in [1.807, 2.05) is 13.8 Å². The van der Waals surface area contributed by atoms with Crippen LogP contribution in [0, 0.1) is 21.4 Å². The summed E-state index contributed by atoms with van der Waals surface area (Å²) in [6, 6.07) is 5.31. The maximum atomic E-state index is 13.1. The van der Waals surface area contributed by atoms with Crippen LogP contribution in [-0.4, -0.2) is 85.6 Å². The lowest BCUT2D eigenvalue weighted by atomic mass is 10.2. The number of hydrogen-bond acceptors (Lipinski definition) is 21. The summed E-state index contributed by atoms with van der Waals surface area (Å²) in [5.74, 6) is 1.20. The van der Waals surface area contributed by atoms with Crippen molar-refractivity contribution in [2.24, 2.45) is 10.4 Å². The molecule has 26 nitrogen and oxygen atoms in total. The molecule has 0 aliphatic rings. The SMILES string of the molecule is C[C@@H](Nc1nc(-c2c[nH][n+]3ccncc23)ncc1N=O)c1ccc(F)cn1.C[C@@H](Nc1nc(-c2cnn3ccncc23)ncc1N)c1ccc(F)cn1.O=Nc1cnc(-c2c[nH][n+]3ccncc23)nc1Cl.[OH-].[OH-]. The Morgan fingerprint density at radius 2 is 1.15 bits per heavy atom. The smallest absolute Gasteiger partial charge is 0.266 e. The topological polar surface area (TPSA) is 368 Å². The predicted octanol–water partition coefficient (Wildman–Crippen LogP) is 6.49.